The summed E-state index contributed by atoms with van der Waals surface area (Å²) in [6.45, 7) is 6.43. The standard InChI is InChI=1S/C13H23F3N2O2/c1-12(2,3)20-11(19)9-17-5-4-6-18(8-7-17)10-13(14,15)16/h4-10H2,1-3H3. The van der Waals surface area contributed by atoms with Crippen LogP contribution in [0.4, 0.5) is 13.2 Å². The number of alkyl halides is 3. The molecule has 0 N–H and O–H groups in total. The molecule has 0 aliphatic carbocycles. The summed E-state index contributed by atoms with van der Waals surface area (Å²) in [6, 6.07) is 0. The molecule has 0 radical (unpaired) electrons. The van der Waals surface area contributed by atoms with Crippen LogP contribution in [-0.2, 0) is 9.53 Å². The fourth-order valence-electron chi connectivity index (χ4n) is 2.15. The third-order valence-corrected chi connectivity index (χ3v) is 2.86. The number of ether oxygens (including phenoxy) is 1. The molecule has 1 rings (SSSR count). The average molecular weight is 296 g/mol. The SMILES string of the molecule is CC(C)(C)OC(=O)CN1CCCN(CC(F)(F)F)CC1. The van der Waals surface area contributed by atoms with Crippen LogP contribution in [0.5, 0.6) is 0 Å². The van der Waals surface area contributed by atoms with Crippen molar-refractivity contribution < 1.29 is 22.7 Å². The molecule has 0 spiro atoms. The van der Waals surface area contributed by atoms with Crippen LogP contribution in [0.3, 0.4) is 0 Å². The van der Waals surface area contributed by atoms with Gasteiger partial charge in [0.15, 0.2) is 0 Å². The molecule has 0 aromatic heterocycles. The molecule has 1 heterocycles. The van der Waals surface area contributed by atoms with Gasteiger partial charge in [0, 0.05) is 19.6 Å². The third kappa shape index (κ3) is 7.69. The zero-order valence-corrected chi connectivity index (χ0v) is 12.3. The van der Waals surface area contributed by atoms with Gasteiger partial charge in [0.1, 0.15) is 5.60 Å². The average Bonchev–Trinajstić information content (AvgIpc) is 2.38. The van der Waals surface area contributed by atoms with Gasteiger partial charge >= 0.3 is 12.1 Å². The molecule has 1 aliphatic rings. The summed E-state index contributed by atoms with van der Waals surface area (Å²) in [6.07, 6.45) is -3.54. The molecule has 0 aromatic rings. The van der Waals surface area contributed by atoms with Crippen molar-refractivity contribution >= 4 is 5.97 Å². The zero-order valence-electron chi connectivity index (χ0n) is 12.3. The van der Waals surface area contributed by atoms with E-state index in [0.717, 1.165) is 0 Å². The summed E-state index contributed by atoms with van der Waals surface area (Å²) in [7, 11) is 0. The molecule has 1 saturated heterocycles. The molecule has 1 fully saturated rings. The van der Waals surface area contributed by atoms with E-state index in [1.807, 2.05) is 4.90 Å². The minimum atomic E-state index is -4.17. The molecule has 0 amide bonds. The van der Waals surface area contributed by atoms with Crippen molar-refractivity contribution in [1.29, 1.82) is 0 Å². The largest absolute Gasteiger partial charge is 0.459 e. The number of hydrogen-bond acceptors (Lipinski definition) is 4. The Morgan fingerprint density at radius 2 is 1.60 bits per heavy atom. The zero-order chi connectivity index (χ0) is 15.4. The quantitative estimate of drug-likeness (QED) is 0.745. The highest BCUT2D eigenvalue weighted by Gasteiger charge is 2.31. The van der Waals surface area contributed by atoms with E-state index in [0.29, 0.717) is 32.6 Å². The Hall–Kier alpha value is -0.820. The molecular weight excluding hydrogens is 273 g/mol. The summed E-state index contributed by atoms with van der Waals surface area (Å²) < 4.78 is 42.2. The second kappa shape index (κ2) is 6.76. The van der Waals surface area contributed by atoms with Crippen molar-refractivity contribution in [3.8, 4) is 0 Å². The van der Waals surface area contributed by atoms with Crippen molar-refractivity contribution in [2.24, 2.45) is 0 Å². The van der Waals surface area contributed by atoms with Crippen molar-refractivity contribution in [2.45, 2.75) is 39.0 Å². The molecule has 0 unspecified atom stereocenters. The number of rotatable bonds is 3. The normalized spacial score (nSPS) is 19.7. The van der Waals surface area contributed by atoms with Gasteiger partial charge < -0.3 is 4.74 Å². The molecule has 0 atom stereocenters. The predicted octanol–water partition coefficient (Wildman–Crippen LogP) is 1.90. The maximum absolute atomic E-state index is 12.3. The molecule has 0 saturated carbocycles. The van der Waals surface area contributed by atoms with Crippen molar-refractivity contribution in [2.75, 3.05) is 39.3 Å². The first kappa shape index (κ1) is 17.2. The van der Waals surface area contributed by atoms with E-state index >= 15 is 0 Å². The first-order valence-electron chi connectivity index (χ1n) is 6.78. The summed E-state index contributed by atoms with van der Waals surface area (Å²) in [5, 5.41) is 0. The fraction of sp³-hybridized carbons (Fsp3) is 0.923. The highest BCUT2D eigenvalue weighted by Crippen LogP contribution is 2.17. The highest BCUT2D eigenvalue weighted by molar-refractivity contribution is 5.72. The van der Waals surface area contributed by atoms with Gasteiger partial charge in [-0.1, -0.05) is 0 Å². The first-order chi connectivity index (χ1) is 9.05. The monoisotopic (exact) mass is 296 g/mol. The van der Waals surface area contributed by atoms with E-state index in [-0.39, 0.29) is 12.5 Å². The summed E-state index contributed by atoms with van der Waals surface area (Å²) >= 11 is 0. The van der Waals surface area contributed by atoms with Crippen molar-refractivity contribution in [3.63, 3.8) is 0 Å². The lowest BCUT2D eigenvalue weighted by Crippen LogP contribution is -2.39. The number of nitrogens with zero attached hydrogens (tertiary/aromatic N) is 2. The third-order valence-electron chi connectivity index (χ3n) is 2.86. The van der Waals surface area contributed by atoms with Crippen LogP contribution in [0.25, 0.3) is 0 Å². The van der Waals surface area contributed by atoms with Gasteiger partial charge in [0.25, 0.3) is 0 Å². The van der Waals surface area contributed by atoms with Crippen LogP contribution in [-0.4, -0.2) is 66.8 Å². The van der Waals surface area contributed by atoms with Crippen molar-refractivity contribution in [3.05, 3.63) is 0 Å². The van der Waals surface area contributed by atoms with Gasteiger partial charge in [-0.25, -0.2) is 0 Å². The maximum Gasteiger partial charge on any atom is 0.401 e. The number of esters is 1. The Balaban J connectivity index is 2.39. The van der Waals surface area contributed by atoms with Crippen LogP contribution in [0.15, 0.2) is 0 Å². The number of halogens is 3. The van der Waals surface area contributed by atoms with E-state index in [1.165, 1.54) is 4.90 Å². The van der Waals surface area contributed by atoms with Gasteiger partial charge in [0.05, 0.1) is 13.1 Å². The van der Waals surface area contributed by atoms with E-state index < -0.39 is 18.3 Å². The molecular formula is C13H23F3N2O2. The molecule has 7 heteroatoms. The Morgan fingerprint density at radius 1 is 1.05 bits per heavy atom. The van der Waals surface area contributed by atoms with E-state index in [1.54, 1.807) is 20.8 Å². The van der Waals surface area contributed by atoms with Gasteiger partial charge in [-0.05, 0) is 33.7 Å². The second-order valence-corrected chi connectivity index (χ2v) is 6.11. The fourth-order valence-corrected chi connectivity index (χ4v) is 2.15. The highest BCUT2D eigenvalue weighted by atomic mass is 19.4. The van der Waals surface area contributed by atoms with Gasteiger partial charge in [0.2, 0.25) is 0 Å². The molecule has 4 nitrogen and oxygen atoms in total. The lowest BCUT2D eigenvalue weighted by molar-refractivity contribution is -0.156. The molecule has 0 aromatic carbocycles. The summed E-state index contributed by atoms with van der Waals surface area (Å²) in [4.78, 5) is 14.9. The van der Waals surface area contributed by atoms with E-state index in [9.17, 15) is 18.0 Å². The Bertz CT molecular complexity index is 327. The molecule has 118 valence electrons. The van der Waals surface area contributed by atoms with E-state index in [4.69, 9.17) is 4.74 Å². The second-order valence-electron chi connectivity index (χ2n) is 6.11. The maximum atomic E-state index is 12.3. The Labute approximate surface area is 117 Å². The van der Waals surface area contributed by atoms with Crippen molar-refractivity contribution in [1.82, 2.24) is 9.80 Å². The van der Waals surface area contributed by atoms with Crippen LogP contribution < -0.4 is 0 Å². The summed E-state index contributed by atoms with van der Waals surface area (Å²) in [5.74, 6) is -0.332. The lowest BCUT2D eigenvalue weighted by Gasteiger charge is -2.24. The van der Waals surface area contributed by atoms with Gasteiger partial charge in [-0.3, -0.25) is 14.6 Å². The number of carbonyl (C=O) groups is 1. The van der Waals surface area contributed by atoms with Crippen LogP contribution in [0, 0.1) is 0 Å². The first-order valence-corrected chi connectivity index (χ1v) is 6.78. The minimum Gasteiger partial charge on any atom is -0.459 e. The van der Waals surface area contributed by atoms with Crippen LogP contribution in [0.2, 0.25) is 0 Å². The smallest absolute Gasteiger partial charge is 0.401 e. The van der Waals surface area contributed by atoms with Crippen LogP contribution >= 0.6 is 0 Å². The minimum absolute atomic E-state index is 0.136. The van der Waals surface area contributed by atoms with E-state index in [2.05, 4.69) is 0 Å². The Morgan fingerprint density at radius 3 is 2.15 bits per heavy atom. The number of carbonyl (C=O) groups excluding carboxylic acids is 1. The predicted molar refractivity (Wildman–Crippen MR) is 69.4 cm³/mol. The lowest BCUT2D eigenvalue weighted by atomic mass is 10.2. The summed E-state index contributed by atoms with van der Waals surface area (Å²) in [5.41, 5.74) is -0.536. The molecule has 0 bridgehead atoms. The van der Waals surface area contributed by atoms with Gasteiger partial charge in [-0.15, -0.1) is 0 Å². The Kier molecular flexibility index (Phi) is 5.82. The molecule has 20 heavy (non-hydrogen) atoms. The molecule has 1 aliphatic heterocycles. The number of hydrogen-bond donors (Lipinski definition) is 0. The van der Waals surface area contributed by atoms with Gasteiger partial charge in [-0.2, -0.15) is 13.2 Å². The van der Waals surface area contributed by atoms with Crippen LogP contribution in [0.1, 0.15) is 27.2 Å². The topological polar surface area (TPSA) is 32.8 Å².